The quantitative estimate of drug-likeness (QED) is 0.750. The van der Waals surface area contributed by atoms with Crippen molar-refractivity contribution < 1.29 is 14.5 Å². The highest BCUT2D eigenvalue weighted by molar-refractivity contribution is 6.35. The highest BCUT2D eigenvalue weighted by Crippen LogP contribution is 2.22. The maximum Gasteiger partial charge on any atom is 0.279 e. The third-order valence-corrected chi connectivity index (χ3v) is 5.10. The molecule has 1 amide bonds. The summed E-state index contributed by atoms with van der Waals surface area (Å²) >= 11 is 11.9. The van der Waals surface area contributed by atoms with Crippen LogP contribution in [0, 0.1) is 0 Å². The lowest BCUT2D eigenvalue weighted by atomic mass is 10.1. The van der Waals surface area contributed by atoms with Gasteiger partial charge in [-0.25, -0.2) is 0 Å². The van der Waals surface area contributed by atoms with E-state index in [9.17, 15) is 9.59 Å². The number of piperazine rings is 1. The molecule has 7 heteroatoms. The van der Waals surface area contributed by atoms with Gasteiger partial charge in [0.15, 0.2) is 12.3 Å². The van der Waals surface area contributed by atoms with Gasteiger partial charge >= 0.3 is 0 Å². The second kappa shape index (κ2) is 8.74. The zero-order valence-corrected chi connectivity index (χ0v) is 16.6. The Balaban J connectivity index is 1.50. The molecule has 5 nitrogen and oxygen atoms in total. The molecule has 0 unspecified atom stereocenters. The Labute approximate surface area is 168 Å². The van der Waals surface area contributed by atoms with Crippen molar-refractivity contribution in [1.29, 1.82) is 0 Å². The van der Waals surface area contributed by atoms with E-state index in [1.165, 1.54) is 4.90 Å². The van der Waals surface area contributed by atoms with Crippen molar-refractivity contribution in [3.05, 3.63) is 58.1 Å². The van der Waals surface area contributed by atoms with Gasteiger partial charge in [0.25, 0.3) is 5.91 Å². The van der Waals surface area contributed by atoms with E-state index in [4.69, 9.17) is 23.2 Å². The van der Waals surface area contributed by atoms with E-state index in [1.54, 1.807) is 25.1 Å². The van der Waals surface area contributed by atoms with Gasteiger partial charge in [0.2, 0.25) is 0 Å². The third-order valence-electron chi connectivity index (χ3n) is 4.67. The van der Waals surface area contributed by atoms with Crippen molar-refractivity contribution in [3.8, 4) is 0 Å². The number of carbonyl (C=O) groups is 2. The second-order valence-electron chi connectivity index (χ2n) is 6.72. The first kappa shape index (κ1) is 19.7. The number of anilines is 2. The van der Waals surface area contributed by atoms with Gasteiger partial charge in [0.05, 0.1) is 26.2 Å². The van der Waals surface area contributed by atoms with E-state index in [2.05, 4.69) is 10.2 Å². The van der Waals surface area contributed by atoms with Gasteiger partial charge in [-0.3, -0.25) is 9.59 Å². The number of hydrogen-bond acceptors (Lipinski definition) is 3. The van der Waals surface area contributed by atoms with Crippen molar-refractivity contribution in [2.45, 2.75) is 6.92 Å². The van der Waals surface area contributed by atoms with Crippen LogP contribution in [0.25, 0.3) is 0 Å². The molecule has 2 N–H and O–H groups in total. The molecule has 2 aromatic rings. The number of nitrogens with zero attached hydrogens (tertiary/aromatic N) is 1. The fourth-order valence-corrected chi connectivity index (χ4v) is 3.75. The number of halogens is 2. The summed E-state index contributed by atoms with van der Waals surface area (Å²) < 4.78 is 0. The van der Waals surface area contributed by atoms with Gasteiger partial charge in [0.1, 0.15) is 0 Å². The summed E-state index contributed by atoms with van der Waals surface area (Å²) in [6, 6.07) is 12.7. The number of quaternary nitrogens is 1. The molecule has 142 valence electrons. The summed E-state index contributed by atoms with van der Waals surface area (Å²) in [5, 5.41) is 3.85. The number of Topliss-reactive ketones (excluding diaryl/α,β-unsaturated/α-hetero) is 1. The predicted octanol–water partition coefficient (Wildman–Crippen LogP) is 2.54. The number of hydrogen-bond donors (Lipinski definition) is 2. The molecule has 0 saturated carbocycles. The average molecular weight is 407 g/mol. The summed E-state index contributed by atoms with van der Waals surface area (Å²) in [4.78, 5) is 27.2. The van der Waals surface area contributed by atoms with E-state index >= 15 is 0 Å². The van der Waals surface area contributed by atoms with E-state index < -0.39 is 0 Å². The van der Waals surface area contributed by atoms with Crippen LogP contribution in [0.2, 0.25) is 10.0 Å². The van der Waals surface area contributed by atoms with Crippen LogP contribution in [-0.2, 0) is 4.79 Å². The fourth-order valence-electron chi connectivity index (χ4n) is 3.22. The zero-order valence-electron chi connectivity index (χ0n) is 15.1. The van der Waals surface area contributed by atoms with Crippen LogP contribution in [0.5, 0.6) is 0 Å². The second-order valence-corrected chi connectivity index (χ2v) is 7.60. The van der Waals surface area contributed by atoms with Gasteiger partial charge < -0.3 is 15.1 Å². The van der Waals surface area contributed by atoms with Crippen LogP contribution < -0.4 is 15.1 Å². The standard InChI is InChI=1S/C20H21Cl2N3O2/c1-14(26)15-2-4-19(5-3-15)25-8-6-24(7-9-25)13-20(27)23-18-11-16(21)10-17(22)12-18/h2-5,10-12H,6-9,13H2,1H3,(H,23,27)/p+1. The molecule has 1 heterocycles. The molecule has 0 radical (unpaired) electrons. The van der Waals surface area contributed by atoms with Crippen molar-refractivity contribution >= 4 is 46.3 Å². The minimum absolute atomic E-state index is 0.0532. The van der Waals surface area contributed by atoms with Gasteiger partial charge in [-0.15, -0.1) is 0 Å². The largest absolute Gasteiger partial charge is 0.360 e. The van der Waals surface area contributed by atoms with Crippen molar-refractivity contribution in [2.24, 2.45) is 0 Å². The Bertz CT molecular complexity index is 811. The van der Waals surface area contributed by atoms with Crippen LogP contribution >= 0.6 is 23.2 Å². The molecule has 1 aliphatic heterocycles. The molecule has 0 atom stereocenters. The predicted molar refractivity (Wildman–Crippen MR) is 109 cm³/mol. The van der Waals surface area contributed by atoms with Gasteiger partial charge in [-0.2, -0.15) is 0 Å². The van der Waals surface area contributed by atoms with E-state index in [0.717, 1.165) is 37.4 Å². The molecular formula is C20H22Cl2N3O2+. The summed E-state index contributed by atoms with van der Waals surface area (Å²) in [5.74, 6) is 0.0189. The van der Waals surface area contributed by atoms with Crippen LogP contribution in [0.15, 0.2) is 42.5 Å². The molecule has 2 aromatic carbocycles. The minimum atomic E-state index is -0.0532. The lowest BCUT2D eigenvalue weighted by molar-refractivity contribution is -0.892. The smallest absolute Gasteiger partial charge is 0.279 e. The maximum absolute atomic E-state index is 12.3. The molecule has 1 saturated heterocycles. The average Bonchev–Trinajstić information content (AvgIpc) is 2.61. The first-order valence-electron chi connectivity index (χ1n) is 8.86. The summed E-state index contributed by atoms with van der Waals surface area (Å²) in [7, 11) is 0. The molecule has 0 aliphatic carbocycles. The van der Waals surface area contributed by atoms with Gasteiger partial charge in [0, 0.05) is 27.0 Å². The molecular weight excluding hydrogens is 385 g/mol. The lowest BCUT2D eigenvalue weighted by Gasteiger charge is -2.33. The van der Waals surface area contributed by atoms with Crippen LogP contribution in [0.4, 0.5) is 11.4 Å². The highest BCUT2D eigenvalue weighted by atomic mass is 35.5. The molecule has 0 bridgehead atoms. The number of rotatable bonds is 5. The van der Waals surface area contributed by atoms with Crippen LogP contribution in [0.1, 0.15) is 17.3 Å². The first-order valence-corrected chi connectivity index (χ1v) is 9.62. The van der Waals surface area contributed by atoms with E-state index in [-0.39, 0.29) is 11.7 Å². The zero-order chi connectivity index (χ0) is 19.4. The Morgan fingerprint density at radius 3 is 2.19 bits per heavy atom. The maximum atomic E-state index is 12.3. The monoisotopic (exact) mass is 406 g/mol. The summed E-state index contributed by atoms with van der Waals surface area (Å²) in [6.07, 6.45) is 0. The molecule has 0 spiro atoms. The third kappa shape index (κ3) is 5.45. The number of benzene rings is 2. The highest BCUT2D eigenvalue weighted by Gasteiger charge is 2.22. The Morgan fingerprint density at radius 1 is 1.04 bits per heavy atom. The Hall–Kier alpha value is -2.08. The molecule has 1 aliphatic rings. The number of carbonyl (C=O) groups excluding carboxylic acids is 2. The van der Waals surface area contributed by atoms with E-state index in [1.807, 2.05) is 24.3 Å². The Kier molecular flexibility index (Phi) is 6.37. The van der Waals surface area contributed by atoms with Crippen molar-refractivity contribution in [1.82, 2.24) is 0 Å². The van der Waals surface area contributed by atoms with Crippen molar-refractivity contribution in [2.75, 3.05) is 42.9 Å². The number of ketones is 1. The molecule has 27 heavy (non-hydrogen) atoms. The summed E-state index contributed by atoms with van der Waals surface area (Å²) in [6.45, 7) is 5.45. The molecule has 1 fully saturated rings. The number of amides is 1. The SMILES string of the molecule is CC(=O)c1ccc(N2CC[NH+](CC(=O)Nc3cc(Cl)cc(Cl)c3)CC2)cc1. The van der Waals surface area contributed by atoms with Gasteiger partial charge in [-0.05, 0) is 49.4 Å². The molecule has 0 aromatic heterocycles. The number of nitrogens with one attached hydrogen (secondary N) is 2. The lowest BCUT2D eigenvalue weighted by Crippen LogP contribution is -3.15. The van der Waals surface area contributed by atoms with Crippen LogP contribution in [0.3, 0.4) is 0 Å². The normalized spacial score (nSPS) is 14.9. The van der Waals surface area contributed by atoms with Crippen LogP contribution in [-0.4, -0.2) is 44.4 Å². The Morgan fingerprint density at radius 2 is 1.63 bits per heavy atom. The van der Waals surface area contributed by atoms with Crippen molar-refractivity contribution in [3.63, 3.8) is 0 Å². The fraction of sp³-hybridized carbons (Fsp3) is 0.300. The first-order chi connectivity index (χ1) is 12.9. The topological polar surface area (TPSA) is 53.9 Å². The van der Waals surface area contributed by atoms with Gasteiger partial charge in [-0.1, -0.05) is 23.2 Å². The summed E-state index contributed by atoms with van der Waals surface area (Å²) in [5.41, 5.74) is 2.44. The molecule has 3 rings (SSSR count). The minimum Gasteiger partial charge on any atom is -0.360 e. The van der Waals surface area contributed by atoms with E-state index in [0.29, 0.717) is 22.3 Å².